The number of carbonyl (C=O) groups is 1. The maximum atomic E-state index is 13.8. The molecule has 7 heteroatoms. The molecule has 0 spiro atoms. The van der Waals surface area contributed by atoms with Crippen molar-refractivity contribution < 1.29 is 18.7 Å². The van der Waals surface area contributed by atoms with Crippen molar-refractivity contribution in [2.45, 2.75) is 19.8 Å². The third-order valence-electron chi connectivity index (χ3n) is 3.62. The van der Waals surface area contributed by atoms with Crippen molar-refractivity contribution in [1.82, 2.24) is 4.40 Å². The van der Waals surface area contributed by atoms with Crippen molar-refractivity contribution in [1.29, 1.82) is 0 Å². The van der Waals surface area contributed by atoms with Gasteiger partial charge in [0.2, 0.25) is 0 Å². The van der Waals surface area contributed by atoms with Gasteiger partial charge in [-0.3, -0.25) is 9.20 Å². The van der Waals surface area contributed by atoms with Crippen LogP contribution in [0, 0.1) is 5.82 Å². The summed E-state index contributed by atoms with van der Waals surface area (Å²) in [6, 6.07) is 1.17. The molecule has 5 nitrogen and oxygen atoms in total. The predicted octanol–water partition coefficient (Wildman–Crippen LogP) is 2.76. The van der Waals surface area contributed by atoms with E-state index in [1.165, 1.54) is 6.07 Å². The van der Waals surface area contributed by atoms with Gasteiger partial charge in [-0.05, 0) is 6.92 Å². The molecule has 0 radical (unpaired) electrons. The van der Waals surface area contributed by atoms with Crippen LogP contribution in [0.15, 0.2) is 17.1 Å². The molecule has 2 aromatic rings. The van der Waals surface area contributed by atoms with Crippen LogP contribution in [0.25, 0.3) is 5.52 Å². The number of halogens is 2. The molecule has 22 heavy (non-hydrogen) atoms. The molecule has 116 valence electrons. The van der Waals surface area contributed by atoms with Crippen LogP contribution in [0.1, 0.15) is 35.7 Å². The Morgan fingerprint density at radius 3 is 3.00 bits per heavy atom. The Kier molecular flexibility index (Phi) is 3.56. The van der Waals surface area contributed by atoms with Crippen LogP contribution in [0.3, 0.4) is 0 Å². The highest BCUT2D eigenvalue weighted by Crippen LogP contribution is 2.40. The zero-order valence-electron chi connectivity index (χ0n) is 12.0. The summed E-state index contributed by atoms with van der Waals surface area (Å²) in [5.41, 5.74) is 0.532. The second-order valence-electron chi connectivity index (χ2n) is 5.08. The SMILES string of the molecule is CCOC(=O)c1cc(=O)n2cc(F)c(Cl)c3c2c1[C@@H](C)CO3. The molecule has 1 aliphatic heterocycles. The average Bonchev–Trinajstić information content (AvgIpc) is 2.48. The Balaban J connectivity index is 2.45. The third-order valence-corrected chi connectivity index (χ3v) is 3.98. The summed E-state index contributed by atoms with van der Waals surface area (Å²) in [5, 5.41) is -0.200. The summed E-state index contributed by atoms with van der Waals surface area (Å²) in [6.07, 6.45) is 1.00. The molecule has 0 amide bonds. The number of carbonyl (C=O) groups excluding carboxylic acids is 1. The lowest BCUT2D eigenvalue weighted by molar-refractivity contribution is 0.0524. The Bertz CT molecular complexity index is 846. The van der Waals surface area contributed by atoms with Gasteiger partial charge in [-0.2, -0.15) is 0 Å². The van der Waals surface area contributed by atoms with E-state index >= 15 is 0 Å². The standard InChI is InChI=1S/C15H13ClFNO4/c1-3-21-15(20)8-4-10(19)18-5-9(17)12(16)14-13(18)11(8)7(2)6-22-14/h4-5,7H,3,6H2,1-2H3/t7-/m0/s1. The maximum absolute atomic E-state index is 13.8. The van der Waals surface area contributed by atoms with Crippen LogP contribution < -0.4 is 10.3 Å². The van der Waals surface area contributed by atoms with Crippen molar-refractivity contribution >= 4 is 23.1 Å². The van der Waals surface area contributed by atoms with E-state index in [9.17, 15) is 14.0 Å². The highest BCUT2D eigenvalue weighted by atomic mass is 35.5. The first-order valence-corrected chi connectivity index (χ1v) is 7.20. The summed E-state index contributed by atoms with van der Waals surface area (Å²) in [7, 11) is 0. The topological polar surface area (TPSA) is 57.0 Å². The second kappa shape index (κ2) is 5.28. The van der Waals surface area contributed by atoms with Gasteiger partial charge in [-0.1, -0.05) is 18.5 Å². The monoisotopic (exact) mass is 325 g/mol. The van der Waals surface area contributed by atoms with Crippen LogP contribution in [-0.2, 0) is 4.74 Å². The predicted molar refractivity (Wildman–Crippen MR) is 78.5 cm³/mol. The van der Waals surface area contributed by atoms with E-state index in [0.29, 0.717) is 11.1 Å². The Hall–Kier alpha value is -2.08. The summed E-state index contributed by atoms with van der Waals surface area (Å²) >= 11 is 5.94. The van der Waals surface area contributed by atoms with Crippen molar-refractivity contribution in [3.05, 3.63) is 44.6 Å². The third kappa shape index (κ3) is 2.06. The van der Waals surface area contributed by atoms with Gasteiger partial charge in [0.1, 0.15) is 5.02 Å². The van der Waals surface area contributed by atoms with Gasteiger partial charge in [0.05, 0.1) is 30.5 Å². The number of pyridine rings is 2. The van der Waals surface area contributed by atoms with E-state index in [1.54, 1.807) is 6.92 Å². The molecule has 3 heterocycles. The molecule has 0 unspecified atom stereocenters. The smallest absolute Gasteiger partial charge is 0.338 e. The highest BCUT2D eigenvalue weighted by Gasteiger charge is 2.30. The lowest BCUT2D eigenvalue weighted by Gasteiger charge is -2.26. The van der Waals surface area contributed by atoms with Crippen molar-refractivity contribution in [3.8, 4) is 5.75 Å². The molecule has 0 bridgehead atoms. The largest absolute Gasteiger partial charge is 0.489 e. The van der Waals surface area contributed by atoms with E-state index in [4.69, 9.17) is 21.1 Å². The molecule has 0 saturated heterocycles. The van der Waals surface area contributed by atoms with E-state index in [-0.39, 0.29) is 35.5 Å². The minimum atomic E-state index is -0.754. The summed E-state index contributed by atoms with van der Waals surface area (Å²) < 4.78 is 25.5. The molecular formula is C15H13ClFNO4. The number of nitrogens with zero attached hydrogens (tertiary/aromatic N) is 1. The van der Waals surface area contributed by atoms with Gasteiger partial charge < -0.3 is 9.47 Å². The average molecular weight is 326 g/mol. The van der Waals surface area contributed by atoms with Gasteiger partial charge in [0, 0.05) is 17.5 Å². The summed E-state index contributed by atoms with van der Waals surface area (Å²) in [5.74, 6) is -1.42. The number of hydrogen-bond acceptors (Lipinski definition) is 4. The number of aromatic nitrogens is 1. The van der Waals surface area contributed by atoms with E-state index in [2.05, 4.69) is 0 Å². The van der Waals surface area contributed by atoms with E-state index in [0.717, 1.165) is 10.6 Å². The fourth-order valence-electron chi connectivity index (χ4n) is 2.68. The number of rotatable bonds is 2. The molecule has 0 aromatic carbocycles. The Morgan fingerprint density at radius 2 is 2.32 bits per heavy atom. The minimum absolute atomic E-state index is 0.0815. The molecule has 3 rings (SSSR count). The number of hydrogen-bond donors (Lipinski definition) is 0. The van der Waals surface area contributed by atoms with Crippen molar-refractivity contribution in [3.63, 3.8) is 0 Å². The van der Waals surface area contributed by atoms with Crippen LogP contribution >= 0.6 is 11.6 Å². The Morgan fingerprint density at radius 1 is 1.59 bits per heavy atom. The zero-order chi connectivity index (χ0) is 16.0. The quantitative estimate of drug-likeness (QED) is 0.797. The fraction of sp³-hybridized carbons (Fsp3) is 0.333. The van der Waals surface area contributed by atoms with Crippen LogP contribution in [0.2, 0.25) is 5.02 Å². The van der Waals surface area contributed by atoms with Crippen LogP contribution in [0.4, 0.5) is 4.39 Å². The normalized spacial score (nSPS) is 16.5. The fourth-order valence-corrected chi connectivity index (χ4v) is 2.87. The molecule has 0 aliphatic carbocycles. The summed E-state index contributed by atoms with van der Waals surface area (Å²) in [6.45, 7) is 3.96. The number of ether oxygens (including phenoxy) is 2. The molecular weight excluding hydrogens is 313 g/mol. The van der Waals surface area contributed by atoms with Gasteiger partial charge in [0.25, 0.3) is 5.56 Å². The lowest BCUT2D eigenvalue weighted by atomic mass is 9.93. The molecule has 1 atom stereocenters. The van der Waals surface area contributed by atoms with E-state index in [1.807, 2.05) is 6.92 Å². The molecule has 1 aliphatic rings. The van der Waals surface area contributed by atoms with Gasteiger partial charge in [-0.25, -0.2) is 9.18 Å². The first kappa shape index (κ1) is 14.8. The summed E-state index contributed by atoms with van der Waals surface area (Å²) in [4.78, 5) is 24.3. The van der Waals surface area contributed by atoms with Crippen molar-refractivity contribution in [2.75, 3.05) is 13.2 Å². The van der Waals surface area contributed by atoms with Gasteiger partial charge in [-0.15, -0.1) is 0 Å². The first-order valence-electron chi connectivity index (χ1n) is 6.82. The lowest BCUT2D eigenvalue weighted by Crippen LogP contribution is -2.26. The molecule has 0 fully saturated rings. The first-order chi connectivity index (χ1) is 10.5. The molecule has 0 N–H and O–H groups in total. The maximum Gasteiger partial charge on any atom is 0.338 e. The highest BCUT2D eigenvalue weighted by molar-refractivity contribution is 6.33. The van der Waals surface area contributed by atoms with Crippen LogP contribution in [0.5, 0.6) is 5.75 Å². The van der Waals surface area contributed by atoms with E-state index < -0.39 is 17.3 Å². The number of esters is 1. The molecule has 0 saturated carbocycles. The second-order valence-corrected chi connectivity index (χ2v) is 5.46. The zero-order valence-corrected chi connectivity index (χ0v) is 12.7. The minimum Gasteiger partial charge on any atom is -0.489 e. The Labute approximate surface area is 130 Å². The van der Waals surface area contributed by atoms with Gasteiger partial charge in [0.15, 0.2) is 11.6 Å². The molecule has 2 aromatic heterocycles. The van der Waals surface area contributed by atoms with Crippen molar-refractivity contribution in [2.24, 2.45) is 0 Å². The van der Waals surface area contributed by atoms with Gasteiger partial charge >= 0.3 is 5.97 Å². The van der Waals surface area contributed by atoms with Crippen LogP contribution in [-0.4, -0.2) is 23.6 Å².